The van der Waals surface area contributed by atoms with Gasteiger partial charge in [0.25, 0.3) is 0 Å². The number of benzene rings is 1. The number of imide groups is 1. The highest BCUT2D eigenvalue weighted by molar-refractivity contribution is 8.00. The number of rotatable bonds is 6. The van der Waals surface area contributed by atoms with Gasteiger partial charge in [0.05, 0.1) is 10.9 Å². The van der Waals surface area contributed by atoms with E-state index in [0.717, 1.165) is 28.6 Å². The van der Waals surface area contributed by atoms with Crippen molar-refractivity contribution >= 4 is 41.1 Å². The van der Waals surface area contributed by atoms with Gasteiger partial charge in [-0.3, -0.25) is 10.1 Å². The van der Waals surface area contributed by atoms with Crippen LogP contribution in [0, 0.1) is 0 Å². The fourth-order valence-corrected chi connectivity index (χ4v) is 3.29. The SMILES string of the molecule is CCNC(=O)NC(=O)C(C)Sc1nc(N)c(-c2ccc(Cl)cc2)c(CC)n1. The summed E-state index contributed by atoms with van der Waals surface area (Å²) in [6.07, 6.45) is 0.651. The molecule has 0 bridgehead atoms. The molecule has 1 heterocycles. The van der Waals surface area contributed by atoms with Crippen LogP contribution in [0.4, 0.5) is 10.6 Å². The molecule has 0 saturated heterocycles. The van der Waals surface area contributed by atoms with Gasteiger partial charge in [0.15, 0.2) is 5.16 Å². The third-order valence-electron chi connectivity index (χ3n) is 3.68. The summed E-state index contributed by atoms with van der Waals surface area (Å²) in [7, 11) is 0. The molecule has 0 aliphatic carbocycles. The van der Waals surface area contributed by atoms with Gasteiger partial charge in [-0.25, -0.2) is 14.8 Å². The molecule has 1 unspecified atom stereocenters. The molecule has 3 amide bonds. The Bertz CT molecular complexity index is 829. The van der Waals surface area contributed by atoms with E-state index >= 15 is 0 Å². The van der Waals surface area contributed by atoms with E-state index in [1.54, 1.807) is 26.0 Å². The number of nitrogens with two attached hydrogens (primary N) is 1. The summed E-state index contributed by atoms with van der Waals surface area (Å²) in [4.78, 5) is 32.5. The smallest absolute Gasteiger partial charge is 0.321 e. The lowest BCUT2D eigenvalue weighted by Gasteiger charge is -2.14. The third-order valence-corrected chi connectivity index (χ3v) is 4.90. The van der Waals surface area contributed by atoms with Crippen molar-refractivity contribution in [1.29, 1.82) is 0 Å². The van der Waals surface area contributed by atoms with Crippen molar-refractivity contribution in [3.05, 3.63) is 35.0 Å². The van der Waals surface area contributed by atoms with Crippen molar-refractivity contribution in [3.63, 3.8) is 0 Å². The highest BCUT2D eigenvalue weighted by Gasteiger charge is 2.20. The molecule has 0 radical (unpaired) electrons. The standard InChI is InChI=1S/C18H22ClN5O2S/c1-4-13-14(11-6-8-12(19)9-7-11)15(20)23-18(22-13)27-10(3)16(25)24-17(26)21-5-2/h6-10H,4-5H2,1-3H3,(H2,20,22,23)(H2,21,24,25,26). The average molecular weight is 408 g/mol. The Hall–Kier alpha value is -2.32. The molecule has 0 aliphatic heterocycles. The minimum atomic E-state index is -0.557. The third kappa shape index (κ3) is 5.58. The van der Waals surface area contributed by atoms with Crippen molar-refractivity contribution in [1.82, 2.24) is 20.6 Å². The first-order valence-corrected chi connectivity index (χ1v) is 9.79. The average Bonchev–Trinajstić information content (AvgIpc) is 2.62. The van der Waals surface area contributed by atoms with Crippen LogP contribution in [0.1, 0.15) is 26.5 Å². The van der Waals surface area contributed by atoms with E-state index in [-0.39, 0.29) is 0 Å². The van der Waals surface area contributed by atoms with Crippen LogP contribution in [-0.4, -0.2) is 33.7 Å². The summed E-state index contributed by atoms with van der Waals surface area (Å²) in [5, 5.41) is 5.26. The van der Waals surface area contributed by atoms with Gasteiger partial charge in [-0.15, -0.1) is 0 Å². The molecule has 2 aromatic rings. The second-order valence-electron chi connectivity index (χ2n) is 5.68. The maximum Gasteiger partial charge on any atom is 0.321 e. The Labute approximate surface area is 167 Å². The number of halogens is 1. The molecule has 0 saturated carbocycles. The quantitative estimate of drug-likeness (QED) is 0.500. The molecule has 1 aromatic heterocycles. The number of anilines is 1. The van der Waals surface area contributed by atoms with Crippen molar-refractivity contribution in [2.75, 3.05) is 12.3 Å². The summed E-state index contributed by atoms with van der Waals surface area (Å²) >= 11 is 7.09. The maximum absolute atomic E-state index is 12.1. The highest BCUT2D eigenvalue weighted by atomic mass is 35.5. The number of nitrogen functional groups attached to an aromatic ring is 1. The van der Waals surface area contributed by atoms with E-state index in [1.165, 1.54) is 0 Å². The number of aromatic nitrogens is 2. The monoisotopic (exact) mass is 407 g/mol. The Kier molecular flexibility index (Phi) is 7.44. The first-order chi connectivity index (χ1) is 12.8. The molecule has 2 rings (SSSR count). The van der Waals surface area contributed by atoms with Crippen molar-refractivity contribution in [3.8, 4) is 11.1 Å². The molecule has 144 valence electrons. The number of nitrogens with zero attached hydrogens (tertiary/aromatic N) is 2. The fourth-order valence-electron chi connectivity index (χ4n) is 2.37. The molecule has 0 spiro atoms. The number of amides is 3. The minimum absolute atomic E-state index is 0.336. The lowest BCUT2D eigenvalue weighted by atomic mass is 10.0. The van der Waals surface area contributed by atoms with Crippen molar-refractivity contribution in [2.24, 2.45) is 0 Å². The van der Waals surface area contributed by atoms with Crippen LogP contribution in [0.5, 0.6) is 0 Å². The van der Waals surface area contributed by atoms with Gasteiger partial charge in [-0.2, -0.15) is 0 Å². The van der Waals surface area contributed by atoms with Crippen LogP contribution < -0.4 is 16.4 Å². The highest BCUT2D eigenvalue weighted by Crippen LogP contribution is 2.31. The number of thioether (sulfide) groups is 1. The van der Waals surface area contributed by atoms with Gasteiger partial charge in [0.2, 0.25) is 5.91 Å². The molecule has 1 atom stereocenters. The summed E-state index contributed by atoms with van der Waals surface area (Å²) in [6, 6.07) is 6.78. The topological polar surface area (TPSA) is 110 Å². The van der Waals surface area contributed by atoms with E-state index in [4.69, 9.17) is 17.3 Å². The molecule has 27 heavy (non-hydrogen) atoms. The summed E-state index contributed by atoms with van der Waals surface area (Å²) in [6.45, 7) is 5.86. The second kappa shape index (κ2) is 9.57. The molecule has 0 fully saturated rings. The zero-order chi connectivity index (χ0) is 20.0. The lowest BCUT2D eigenvalue weighted by molar-refractivity contribution is -0.119. The first kappa shape index (κ1) is 21.0. The Morgan fingerprint density at radius 2 is 1.89 bits per heavy atom. The van der Waals surface area contributed by atoms with Gasteiger partial charge in [-0.1, -0.05) is 42.4 Å². The summed E-state index contributed by atoms with van der Waals surface area (Å²) < 4.78 is 0. The van der Waals surface area contributed by atoms with Gasteiger partial charge >= 0.3 is 6.03 Å². The Morgan fingerprint density at radius 3 is 2.48 bits per heavy atom. The van der Waals surface area contributed by atoms with Crippen LogP contribution in [0.2, 0.25) is 5.02 Å². The number of hydrogen-bond donors (Lipinski definition) is 3. The Balaban J connectivity index is 2.22. The van der Waals surface area contributed by atoms with Crippen LogP contribution in [0.15, 0.2) is 29.4 Å². The molecular formula is C18H22ClN5O2S. The predicted octanol–water partition coefficient (Wildman–Crippen LogP) is 3.27. The van der Waals surface area contributed by atoms with Crippen molar-refractivity contribution < 1.29 is 9.59 Å². The van der Waals surface area contributed by atoms with E-state index in [9.17, 15) is 9.59 Å². The van der Waals surface area contributed by atoms with Gasteiger partial charge in [0.1, 0.15) is 5.82 Å². The number of carbonyl (C=O) groups excluding carboxylic acids is 2. The summed E-state index contributed by atoms with van der Waals surface area (Å²) in [5.41, 5.74) is 8.60. The largest absolute Gasteiger partial charge is 0.383 e. The number of urea groups is 1. The van der Waals surface area contributed by atoms with Crippen LogP contribution in [-0.2, 0) is 11.2 Å². The van der Waals surface area contributed by atoms with E-state index in [2.05, 4.69) is 20.6 Å². The van der Waals surface area contributed by atoms with Gasteiger partial charge in [0, 0.05) is 17.1 Å². The van der Waals surface area contributed by atoms with Crippen LogP contribution in [0.3, 0.4) is 0 Å². The maximum atomic E-state index is 12.1. The first-order valence-electron chi connectivity index (χ1n) is 8.53. The fraction of sp³-hybridized carbons (Fsp3) is 0.333. The zero-order valence-corrected chi connectivity index (χ0v) is 16.9. The molecule has 7 nitrogen and oxygen atoms in total. The van der Waals surface area contributed by atoms with Crippen LogP contribution in [0.25, 0.3) is 11.1 Å². The Morgan fingerprint density at radius 1 is 1.22 bits per heavy atom. The number of carbonyl (C=O) groups is 2. The van der Waals surface area contributed by atoms with E-state index in [0.29, 0.717) is 29.0 Å². The molecule has 1 aromatic carbocycles. The van der Waals surface area contributed by atoms with Gasteiger partial charge in [-0.05, 0) is 38.0 Å². The zero-order valence-electron chi connectivity index (χ0n) is 15.4. The van der Waals surface area contributed by atoms with E-state index < -0.39 is 17.2 Å². The van der Waals surface area contributed by atoms with E-state index in [1.807, 2.05) is 19.1 Å². The predicted molar refractivity (Wildman–Crippen MR) is 109 cm³/mol. The lowest BCUT2D eigenvalue weighted by Crippen LogP contribution is -2.42. The van der Waals surface area contributed by atoms with Crippen molar-refractivity contribution in [2.45, 2.75) is 37.6 Å². The molecule has 4 N–H and O–H groups in total. The minimum Gasteiger partial charge on any atom is -0.383 e. The molecule has 9 heteroatoms. The number of nitrogens with one attached hydrogen (secondary N) is 2. The summed E-state index contributed by atoms with van der Waals surface area (Å²) in [5.74, 6) is -0.0871. The van der Waals surface area contributed by atoms with Gasteiger partial charge < -0.3 is 11.1 Å². The number of hydrogen-bond acceptors (Lipinski definition) is 6. The van der Waals surface area contributed by atoms with Crippen LogP contribution >= 0.6 is 23.4 Å². The second-order valence-corrected chi connectivity index (χ2v) is 7.43. The normalized spacial score (nSPS) is 11.7. The number of aryl methyl sites for hydroxylation is 1. The molecular weight excluding hydrogens is 386 g/mol. The molecule has 0 aliphatic rings.